The van der Waals surface area contributed by atoms with Gasteiger partial charge in [0.1, 0.15) is 13.2 Å². The van der Waals surface area contributed by atoms with Crippen LogP contribution in [-0.4, -0.2) is 37.4 Å². The van der Waals surface area contributed by atoms with Gasteiger partial charge in [0.05, 0.1) is 5.56 Å². The highest BCUT2D eigenvalue weighted by Gasteiger charge is 2.19. The lowest BCUT2D eigenvalue weighted by molar-refractivity contribution is 0.0941. The lowest BCUT2D eigenvalue weighted by Gasteiger charge is -2.20. The topological polar surface area (TPSA) is 67.8 Å². The highest BCUT2D eigenvalue weighted by Crippen LogP contribution is 2.33. The predicted molar refractivity (Wildman–Crippen MR) is 75.3 cm³/mol. The van der Waals surface area contributed by atoms with Crippen molar-refractivity contribution in [1.82, 2.24) is 5.32 Å². The van der Waals surface area contributed by atoms with Crippen molar-refractivity contribution in [2.24, 2.45) is 0 Å². The predicted octanol–water partition coefficient (Wildman–Crippen LogP) is 1.74. The number of nitrogens with one attached hydrogen (secondary N) is 1. The summed E-state index contributed by atoms with van der Waals surface area (Å²) >= 11 is 0. The molecular weight excluding hydrogens is 258 g/mol. The third-order valence-electron chi connectivity index (χ3n) is 3.18. The minimum atomic E-state index is -0.130. The molecule has 0 fully saturated rings. The van der Waals surface area contributed by atoms with E-state index in [0.29, 0.717) is 36.8 Å². The van der Waals surface area contributed by atoms with Gasteiger partial charge in [0.15, 0.2) is 11.5 Å². The van der Waals surface area contributed by atoms with Gasteiger partial charge in [-0.2, -0.15) is 0 Å². The zero-order chi connectivity index (χ0) is 14.2. The Morgan fingerprint density at radius 3 is 2.80 bits per heavy atom. The largest absolute Gasteiger partial charge is 0.486 e. The summed E-state index contributed by atoms with van der Waals surface area (Å²) in [7, 11) is 0. The minimum absolute atomic E-state index is 0.130. The fourth-order valence-electron chi connectivity index (χ4n) is 2.14. The van der Waals surface area contributed by atoms with E-state index in [1.54, 1.807) is 18.2 Å². The average molecular weight is 279 g/mol. The van der Waals surface area contributed by atoms with Gasteiger partial charge in [-0.3, -0.25) is 4.79 Å². The summed E-state index contributed by atoms with van der Waals surface area (Å²) in [6, 6.07) is 5.35. The molecule has 0 aromatic heterocycles. The van der Waals surface area contributed by atoms with Gasteiger partial charge < -0.3 is 19.9 Å². The van der Waals surface area contributed by atoms with Crippen molar-refractivity contribution < 1.29 is 19.4 Å². The van der Waals surface area contributed by atoms with E-state index in [4.69, 9.17) is 14.6 Å². The van der Waals surface area contributed by atoms with E-state index in [0.717, 1.165) is 25.7 Å². The number of hydrogen-bond donors (Lipinski definition) is 2. The van der Waals surface area contributed by atoms with Crippen LogP contribution < -0.4 is 14.8 Å². The molecule has 0 spiro atoms. The van der Waals surface area contributed by atoms with Crippen LogP contribution in [0.15, 0.2) is 18.2 Å². The van der Waals surface area contributed by atoms with E-state index in [1.165, 1.54) is 0 Å². The molecular formula is C15H21NO4. The van der Waals surface area contributed by atoms with Gasteiger partial charge in [-0.1, -0.05) is 18.9 Å². The van der Waals surface area contributed by atoms with Crippen LogP contribution in [0.2, 0.25) is 0 Å². The van der Waals surface area contributed by atoms with Gasteiger partial charge in [0.2, 0.25) is 0 Å². The van der Waals surface area contributed by atoms with Crippen molar-refractivity contribution in [2.75, 3.05) is 26.4 Å². The molecule has 0 unspecified atom stereocenters. The Kier molecular flexibility index (Phi) is 5.68. The molecule has 5 heteroatoms. The summed E-state index contributed by atoms with van der Waals surface area (Å²) in [4.78, 5) is 12.1. The zero-order valence-electron chi connectivity index (χ0n) is 11.6. The number of aliphatic hydroxyl groups excluding tert-OH is 1. The second-order valence-corrected chi connectivity index (χ2v) is 4.72. The Bertz CT molecular complexity index is 447. The van der Waals surface area contributed by atoms with Crippen molar-refractivity contribution in [2.45, 2.75) is 25.7 Å². The van der Waals surface area contributed by atoms with Crippen molar-refractivity contribution in [3.8, 4) is 11.5 Å². The standard InChI is InChI=1S/C15H21NO4/c17-9-4-2-1-3-8-16-15(18)12-6-5-7-13-14(12)20-11-10-19-13/h5-7,17H,1-4,8-11H2,(H,16,18). The van der Waals surface area contributed by atoms with Crippen LogP contribution in [0.4, 0.5) is 0 Å². The average Bonchev–Trinajstić information content (AvgIpc) is 2.50. The number of benzene rings is 1. The van der Waals surface area contributed by atoms with Crippen LogP contribution in [0, 0.1) is 0 Å². The molecule has 1 heterocycles. The van der Waals surface area contributed by atoms with E-state index in [-0.39, 0.29) is 12.5 Å². The van der Waals surface area contributed by atoms with Crippen molar-refractivity contribution in [3.63, 3.8) is 0 Å². The van der Waals surface area contributed by atoms with E-state index >= 15 is 0 Å². The number of carbonyl (C=O) groups is 1. The number of fused-ring (bicyclic) bond motifs is 1. The molecule has 1 aliphatic heterocycles. The normalized spacial score (nSPS) is 13.1. The molecule has 0 saturated heterocycles. The quantitative estimate of drug-likeness (QED) is 0.746. The van der Waals surface area contributed by atoms with Gasteiger partial charge in [0.25, 0.3) is 5.91 Å². The van der Waals surface area contributed by atoms with E-state index in [9.17, 15) is 4.79 Å². The lowest BCUT2D eigenvalue weighted by Crippen LogP contribution is -2.26. The first-order valence-electron chi connectivity index (χ1n) is 7.10. The highest BCUT2D eigenvalue weighted by atomic mass is 16.6. The molecule has 2 N–H and O–H groups in total. The zero-order valence-corrected chi connectivity index (χ0v) is 11.6. The summed E-state index contributed by atoms with van der Waals surface area (Å²) < 4.78 is 11.0. The van der Waals surface area contributed by atoms with Crippen LogP contribution in [-0.2, 0) is 0 Å². The van der Waals surface area contributed by atoms with Crippen molar-refractivity contribution in [3.05, 3.63) is 23.8 Å². The molecule has 1 aromatic rings. The Hall–Kier alpha value is -1.75. The van der Waals surface area contributed by atoms with Crippen LogP contribution >= 0.6 is 0 Å². The molecule has 5 nitrogen and oxygen atoms in total. The molecule has 0 radical (unpaired) electrons. The van der Waals surface area contributed by atoms with Gasteiger partial charge in [-0.15, -0.1) is 0 Å². The first-order valence-corrected chi connectivity index (χ1v) is 7.10. The first kappa shape index (κ1) is 14.7. The number of hydrogen-bond acceptors (Lipinski definition) is 4. The number of unbranched alkanes of at least 4 members (excludes halogenated alkanes) is 3. The number of ether oxygens (including phenoxy) is 2. The maximum atomic E-state index is 12.1. The second kappa shape index (κ2) is 7.75. The van der Waals surface area contributed by atoms with Crippen LogP contribution in [0.5, 0.6) is 11.5 Å². The summed E-state index contributed by atoms with van der Waals surface area (Å²) in [5.41, 5.74) is 0.526. The second-order valence-electron chi connectivity index (χ2n) is 4.72. The molecule has 20 heavy (non-hydrogen) atoms. The number of carbonyl (C=O) groups excluding carboxylic acids is 1. The molecule has 0 atom stereocenters. The Labute approximate surface area is 118 Å². The molecule has 1 aliphatic rings. The van der Waals surface area contributed by atoms with Crippen LogP contribution in [0.25, 0.3) is 0 Å². The summed E-state index contributed by atoms with van der Waals surface area (Å²) in [5, 5.41) is 11.6. The summed E-state index contributed by atoms with van der Waals surface area (Å²) in [5.74, 6) is 1.04. The fraction of sp³-hybridized carbons (Fsp3) is 0.533. The van der Waals surface area contributed by atoms with Gasteiger partial charge in [-0.25, -0.2) is 0 Å². The molecule has 0 bridgehead atoms. The third kappa shape index (κ3) is 3.87. The Morgan fingerprint density at radius 2 is 1.95 bits per heavy atom. The van der Waals surface area contributed by atoms with Gasteiger partial charge in [0, 0.05) is 13.2 Å². The maximum absolute atomic E-state index is 12.1. The highest BCUT2D eigenvalue weighted by molar-refractivity contribution is 5.97. The van der Waals surface area contributed by atoms with Gasteiger partial charge in [-0.05, 0) is 25.0 Å². The molecule has 1 aromatic carbocycles. The lowest BCUT2D eigenvalue weighted by atomic mass is 10.1. The molecule has 2 rings (SSSR count). The summed E-state index contributed by atoms with van der Waals surface area (Å²) in [6.45, 7) is 1.86. The Morgan fingerprint density at radius 1 is 1.15 bits per heavy atom. The smallest absolute Gasteiger partial charge is 0.255 e. The first-order chi connectivity index (χ1) is 9.83. The van der Waals surface area contributed by atoms with Crippen LogP contribution in [0.3, 0.4) is 0 Å². The van der Waals surface area contributed by atoms with Crippen molar-refractivity contribution >= 4 is 5.91 Å². The number of rotatable bonds is 7. The van der Waals surface area contributed by atoms with Gasteiger partial charge >= 0.3 is 0 Å². The van der Waals surface area contributed by atoms with Crippen LogP contribution in [0.1, 0.15) is 36.0 Å². The maximum Gasteiger partial charge on any atom is 0.255 e. The summed E-state index contributed by atoms with van der Waals surface area (Å²) in [6.07, 6.45) is 3.74. The number of para-hydroxylation sites is 1. The molecule has 0 saturated carbocycles. The minimum Gasteiger partial charge on any atom is -0.486 e. The van der Waals surface area contributed by atoms with E-state index < -0.39 is 0 Å². The number of aliphatic hydroxyl groups is 1. The third-order valence-corrected chi connectivity index (χ3v) is 3.18. The van der Waals surface area contributed by atoms with E-state index in [2.05, 4.69) is 5.32 Å². The number of amides is 1. The SMILES string of the molecule is O=C(NCCCCCCO)c1cccc2c1OCCO2. The van der Waals surface area contributed by atoms with Crippen molar-refractivity contribution in [1.29, 1.82) is 0 Å². The van der Waals surface area contributed by atoms with E-state index in [1.807, 2.05) is 0 Å². The monoisotopic (exact) mass is 279 g/mol. The molecule has 1 amide bonds. The molecule has 0 aliphatic carbocycles. The fourth-order valence-corrected chi connectivity index (χ4v) is 2.14. The Balaban J connectivity index is 1.83. The molecule has 110 valence electrons.